The Kier molecular flexibility index (Phi) is 12.4. The predicted molar refractivity (Wildman–Crippen MR) is 113 cm³/mol. The molecular formula is C20H33F3N4O7. The molecule has 0 aliphatic carbocycles. The number of esters is 1. The number of rotatable bonds is 11. The molecule has 0 heterocycles. The van der Waals surface area contributed by atoms with Gasteiger partial charge in [-0.15, -0.1) is 0 Å². The Morgan fingerprint density at radius 1 is 0.853 bits per heavy atom. The maximum Gasteiger partial charge on any atom is 0.471 e. The fourth-order valence-corrected chi connectivity index (χ4v) is 2.45. The smallest absolute Gasteiger partial charge is 0.467 e. The molecule has 1 unspecified atom stereocenters. The maximum absolute atomic E-state index is 12.7. The van der Waals surface area contributed by atoms with Crippen molar-refractivity contribution in [3.8, 4) is 0 Å². The molecule has 0 aliphatic heterocycles. The largest absolute Gasteiger partial charge is 0.471 e. The van der Waals surface area contributed by atoms with Gasteiger partial charge >= 0.3 is 24.1 Å². The number of carbonyl (C=O) groups excluding carboxylic acids is 5. The number of alkyl halides is 3. The van der Waals surface area contributed by atoms with Crippen molar-refractivity contribution < 1.29 is 46.6 Å². The Morgan fingerprint density at radius 2 is 1.41 bits per heavy atom. The van der Waals surface area contributed by atoms with Crippen molar-refractivity contribution in [2.45, 2.75) is 83.8 Å². The molecule has 0 aromatic carbocycles. The second kappa shape index (κ2) is 13.6. The fraction of sp³-hybridized carbons (Fsp3) is 0.750. The third-order valence-electron chi connectivity index (χ3n) is 4.14. The Balaban J connectivity index is 5.00. The van der Waals surface area contributed by atoms with Crippen LogP contribution in [-0.2, 0) is 28.7 Å². The van der Waals surface area contributed by atoms with Gasteiger partial charge in [0.15, 0.2) is 0 Å². The zero-order valence-corrected chi connectivity index (χ0v) is 20.1. The summed E-state index contributed by atoms with van der Waals surface area (Å²) in [4.78, 5) is 59.2. The summed E-state index contributed by atoms with van der Waals surface area (Å²) < 4.78 is 46.3. The SMILES string of the molecule is COC(=O)[C@@H](C)NC(=O)[C@@H](C)NC(=O)C(CCCCNC(=O)C(F)(F)F)NC(=O)OC(C)(C)C. The first-order chi connectivity index (χ1) is 15.5. The predicted octanol–water partition coefficient (Wildman–Crippen LogP) is 0.911. The molecule has 14 heteroatoms. The van der Waals surface area contributed by atoms with Crippen molar-refractivity contribution in [3.63, 3.8) is 0 Å². The van der Waals surface area contributed by atoms with Gasteiger partial charge in [0.05, 0.1) is 7.11 Å². The van der Waals surface area contributed by atoms with Crippen LogP contribution in [0.5, 0.6) is 0 Å². The summed E-state index contributed by atoms with van der Waals surface area (Å²) >= 11 is 0. The van der Waals surface area contributed by atoms with Gasteiger partial charge in [0.2, 0.25) is 11.8 Å². The quantitative estimate of drug-likeness (QED) is 0.244. The van der Waals surface area contributed by atoms with Crippen molar-refractivity contribution in [2.75, 3.05) is 13.7 Å². The highest BCUT2D eigenvalue weighted by Crippen LogP contribution is 2.14. The van der Waals surface area contributed by atoms with E-state index >= 15 is 0 Å². The monoisotopic (exact) mass is 498 g/mol. The molecule has 0 spiro atoms. The van der Waals surface area contributed by atoms with E-state index < -0.39 is 59.7 Å². The highest BCUT2D eigenvalue weighted by molar-refractivity contribution is 5.92. The van der Waals surface area contributed by atoms with Gasteiger partial charge in [0, 0.05) is 6.54 Å². The topological polar surface area (TPSA) is 152 Å². The standard InChI is InChI=1S/C20H33F3N4O7/c1-11(14(28)26-12(2)16(30)33-6)25-15(29)13(27-18(32)34-19(3,4)5)9-7-8-10-24-17(31)20(21,22)23/h11-13H,7-10H2,1-6H3,(H,24,31)(H,25,29)(H,26,28)(H,27,32)/t11-,12-,13?/m1/s1. The number of unbranched alkanes of at least 4 members (excludes halogenated alkanes) is 1. The first kappa shape index (κ1) is 30.9. The van der Waals surface area contributed by atoms with Crippen molar-refractivity contribution in [3.05, 3.63) is 0 Å². The molecule has 34 heavy (non-hydrogen) atoms. The van der Waals surface area contributed by atoms with Crippen LogP contribution in [0, 0.1) is 0 Å². The fourth-order valence-electron chi connectivity index (χ4n) is 2.45. The number of hydrogen-bond donors (Lipinski definition) is 4. The molecule has 0 fully saturated rings. The van der Waals surface area contributed by atoms with Crippen molar-refractivity contribution >= 4 is 29.8 Å². The lowest BCUT2D eigenvalue weighted by atomic mass is 10.1. The number of alkyl carbamates (subject to hydrolysis) is 1. The van der Waals surface area contributed by atoms with Crippen LogP contribution in [0.4, 0.5) is 18.0 Å². The summed E-state index contributed by atoms with van der Waals surface area (Å²) in [6.07, 6.45) is -5.67. The summed E-state index contributed by atoms with van der Waals surface area (Å²) in [6, 6.07) is -3.23. The van der Waals surface area contributed by atoms with Crippen LogP contribution in [0.3, 0.4) is 0 Å². The number of amides is 4. The van der Waals surface area contributed by atoms with E-state index in [0.717, 1.165) is 7.11 Å². The van der Waals surface area contributed by atoms with Gasteiger partial charge in [-0.25, -0.2) is 9.59 Å². The number of nitrogens with one attached hydrogen (secondary N) is 4. The third kappa shape index (κ3) is 12.8. The third-order valence-corrected chi connectivity index (χ3v) is 4.14. The number of hydrogen-bond acceptors (Lipinski definition) is 7. The van der Waals surface area contributed by atoms with E-state index in [1.165, 1.54) is 13.8 Å². The van der Waals surface area contributed by atoms with Crippen LogP contribution in [0.2, 0.25) is 0 Å². The minimum absolute atomic E-state index is 0.0140. The number of halogens is 3. The molecule has 3 atom stereocenters. The normalized spacial score (nSPS) is 14.1. The summed E-state index contributed by atoms with van der Waals surface area (Å²) in [5, 5.41) is 8.83. The lowest BCUT2D eigenvalue weighted by Crippen LogP contribution is -2.54. The summed E-state index contributed by atoms with van der Waals surface area (Å²) in [6.45, 7) is 7.29. The van der Waals surface area contributed by atoms with Crippen LogP contribution < -0.4 is 21.3 Å². The van der Waals surface area contributed by atoms with E-state index in [9.17, 15) is 37.1 Å². The lowest BCUT2D eigenvalue weighted by molar-refractivity contribution is -0.173. The molecular weight excluding hydrogens is 465 g/mol. The van der Waals surface area contributed by atoms with Crippen LogP contribution in [0.15, 0.2) is 0 Å². The Morgan fingerprint density at radius 3 is 1.91 bits per heavy atom. The van der Waals surface area contributed by atoms with Crippen molar-refractivity contribution in [2.24, 2.45) is 0 Å². The van der Waals surface area contributed by atoms with Crippen molar-refractivity contribution in [1.82, 2.24) is 21.3 Å². The Bertz CT molecular complexity index is 739. The Hall–Kier alpha value is -3.06. The van der Waals surface area contributed by atoms with Crippen LogP contribution in [-0.4, -0.2) is 73.3 Å². The molecule has 0 aromatic heterocycles. The zero-order chi connectivity index (χ0) is 26.7. The average molecular weight is 498 g/mol. The first-order valence-corrected chi connectivity index (χ1v) is 10.5. The van der Waals surface area contributed by atoms with E-state index in [1.807, 2.05) is 0 Å². The van der Waals surface area contributed by atoms with E-state index in [4.69, 9.17) is 4.74 Å². The number of ether oxygens (including phenoxy) is 2. The van der Waals surface area contributed by atoms with Crippen LogP contribution in [0.1, 0.15) is 53.9 Å². The van der Waals surface area contributed by atoms with Gasteiger partial charge in [-0.3, -0.25) is 14.4 Å². The maximum atomic E-state index is 12.7. The number of methoxy groups -OCH3 is 1. The average Bonchev–Trinajstić information content (AvgIpc) is 2.69. The molecule has 11 nitrogen and oxygen atoms in total. The van der Waals surface area contributed by atoms with E-state index in [2.05, 4.69) is 20.7 Å². The summed E-state index contributed by atoms with van der Waals surface area (Å²) in [5.41, 5.74) is -0.857. The van der Waals surface area contributed by atoms with Gasteiger partial charge in [-0.1, -0.05) is 0 Å². The molecule has 4 N–H and O–H groups in total. The molecule has 0 saturated carbocycles. The van der Waals surface area contributed by atoms with E-state index in [0.29, 0.717) is 0 Å². The molecule has 0 rings (SSSR count). The molecule has 0 bridgehead atoms. The lowest BCUT2D eigenvalue weighted by Gasteiger charge is -2.24. The van der Waals surface area contributed by atoms with Gasteiger partial charge in [0.1, 0.15) is 23.7 Å². The summed E-state index contributed by atoms with van der Waals surface area (Å²) in [7, 11) is 1.15. The number of carbonyl (C=O) groups is 5. The molecule has 0 radical (unpaired) electrons. The van der Waals surface area contributed by atoms with E-state index in [1.54, 1.807) is 26.1 Å². The zero-order valence-electron chi connectivity index (χ0n) is 20.1. The molecule has 0 saturated heterocycles. The van der Waals surface area contributed by atoms with E-state index in [-0.39, 0.29) is 25.8 Å². The van der Waals surface area contributed by atoms with Gasteiger partial charge < -0.3 is 30.7 Å². The minimum atomic E-state index is -5.00. The highest BCUT2D eigenvalue weighted by Gasteiger charge is 2.38. The molecule has 0 aromatic rings. The molecule has 4 amide bonds. The second-order valence-corrected chi connectivity index (χ2v) is 8.43. The first-order valence-electron chi connectivity index (χ1n) is 10.5. The van der Waals surface area contributed by atoms with Crippen molar-refractivity contribution in [1.29, 1.82) is 0 Å². The Labute approximate surface area is 195 Å². The van der Waals surface area contributed by atoms with Crippen LogP contribution >= 0.6 is 0 Å². The second-order valence-electron chi connectivity index (χ2n) is 8.43. The molecule has 196 valence electrons. The minimum Gasteiger partial charge on any atom is -0.467 e. The summed E-state index contributed by atoms with van der Waals surface area (Å²) in [5.74, 6) is -4.20. The van der Waals surface area contributed by atoms with Gasteiger partial charge in [-0.05, 0) is 53.9 Å². The van der Waals surface area contributed by atoms with Crippen LogP contribution in [0.25, 0.3) is 0 Å². The highest BCUT2D eigenvalue weighted by atomic mass is 19.4. The molecule has 0 aliphatic rings. The van der Waals surface area contributed by atoms with Gasteiger partial charge in [0.25, 0.3) is 0 Å². The van der Waals surface area contributed by atoms with Gasteiger partial charge in [-0.2, -0.15) is 13.2 Å².